The van der Waals surface area contributed by atoms with Crippen LogP contribution in [0.2, 0.25) is 0 Å². The first-order valence-electron chi connectivity index (χ1n) is 7.82. The number of carbonyl (C=O) groups is 1. The summed E-state index contributed by atoms with van der Waals surface area (Å²) < 4.78 is 0. The molecule has 0 aromatic heterocycles. The van der Waals surface area contributed by atoms with E-state index in [1.165, 1.54) is 25.7 Å². The highest BCUT2D eigenvalue weighted by Gasteiger charge is 2.37. The van der Waals surface area contributed by atoms with E-state index in [4.69, 9.17) is 5.73 Å². The van der Waals surface area contributed by atoms with Gasteiger partial charge in [0.1, 0.15) is 0 Å². The van der Waals surface area contributed by atoms with E-state index in [1.807, 2.05) is 35.2 Å². The van der Waals surface area contributed by atoms with E-state index in [0.717, 1.165) is 30.5 Å². The number of nitrogens with zero attached hydrogens (tertiary/aromatic N) is 1. The number of nitrogens with two attached hydrogens (primary N) is 1. The third-order valence-electron chi connectivity index (χ3n) is 4.90. The first-order valence-corrected chi connectivity index (χ1v) is 7.82. The summed E-state index contributed by atoms with van der Waals surface area (Å²) in [5.41, 5.74) is 7.27. The number of benzene rings is 1. The Kier molecular flexibility index (Phi) is 4.06. The number of hydrogen-bond donors (Lipinski definition) is 1. The van der Waals surface area contributed by atoms with Gasteiger partial charge in [0.15, 0.2) is 0 Å². The molecular weight excluding hydrogens is 248 g/mol. The van der Waals surface area contributed by atoms with Crippen LogP contribution < -0.4 is 5.73 Å². The van der Waals surface area contributed by atoms with Crippen molar-refractivity contribution in [1.82, 2.24) is 4.90 Å². The van der Waals surface area contributed by atoms with Gasteiger partial charge >= 0.3 is 0 Å². The maximum absolute atomic E-state index is 12.5. The van der Waals surface area contributed by atoms with Gasteiger partial charge in [0.25, 0.3) is 0 Å². The average molecular weight is 272 g/mol. The van der Waals surface area contributed by atoms with Gasteiger partial charge in [-0.25, -0.2) is 0 Å². The van der Waals surface area contributed by atoms with Gasteiger partial charge in [-0.2, -0.15) is 0 Å². The van der Waals surface area contributed by atoms with Crippen LogP contribution in [-0.2, 0) is 11.2 Å². The lowest BCUT2D eigenvalue weighted by molar-refractivity contribution is -0.131. The number of fused-ring (bicyclic) bond motifs is 1. The summed E-state index contributed by atoms with van der Waals surface area (Å²) in [6.07, 6.45) is 5.90. The zero-order chi connectivity index (χ0) is 13.9. The Morgan fingerprint density at radius 3 is 2.35 bits per heavy atom. The largest absolute Gasteiger partial charge is 0.341 e. The smallest absolute Gasteiger partial charge is 0.239 e. The van der Waals surface area contributed by atoms with Gasteiger partial charge in [0.05, 0.1) is 6.04 Å². The standard InChI is InChI=1S/C17H24N2O/c18-16(10-13-6-2-1-3-7-13)17(20)19-11-14-8-4-5-9-15(14)12-19/h1-3,6-7,14-16H,4-5,8-12,18H2. The molecule has 0 bridgehead atoms. The van der Waals surface area contributed by atoms with E-state index in [1.54, 1.807) is 0 Å². The topological polar surface area (TPSA) is 46.3 Å². The first kappa shape index (κ1) is 13.6. The molecule has 2 fully saturated rings. The van der Waals surface area contributed by atoms with Gasteiger partial charge in [0.2, 0.25) is 5.91 Å². The van der Waals surface area contributed by atoms with E-state index < -0.39 is 6.04 Å². The minimum absolute atomic E-state index is 0.142. The van der Waals surface area contributed by atoms with Gasteiger partial charge < -0.3 is 10.6 Å². The molecule has 0 radical (unpaired) electrons. The van der Waals surface area contributed by atoms with Gasteiger partial charge in [-0.15, -0.1) is 0 Å². The molecule has 3 atom stereocenters. The number of hydrogen-bond acceptors (Lipinski definition) is 2. The maximum atomic E-state index is 12.5. The Morgan fingerprint density at radius 1 is 1.15 bits per heavy atom. The molecule has 2 N–H and O–H groups in total. The molecule has 3 unspecified atom stereocenters. The van der Waals surface area contributed by atoms with Crippen molar-refractivity contribution in [3.63, 3.8) is 0 Å². The van der Waals surface area contributed by atoms with Crippen LogP contribution in [0.1, 0.15) is 31.2 Å². The summed E-state index contributed by atoms with van der Waals surface area (Å²) in [4.78, 5) is 14.5. The van der Waals surface area contributed by atoms with Crippen LogP contribution >= 0.6 is 0 Å². The lowest BCUT2D eigenvalue weighted by Crippen LogP contribution is -2.44. The third kappa shape index (κ3) is 2.88. The Labute approximate surface area is 121 Å². The van der Waals surface area contributed by atoms with Crippen molar-refractivity contribution in [2.24, 2.45) is 17.6 Å². The summed E-state index contributed by atoms with van der Waals surface area (Å²) in [5, 5.41) is 0. The van der Waals surface area contributed by atoms with Crippen LogP contribution in [0.4, 0.5) is 0 Å². The molecule has 1 aromatic rings. The highest BCUT2D eigenvalue weighted by atomic mass is 16.2. The van der Waals surface area contributed by atoms with Crippen molar-refractivity contribution in [2.45, 2.75) is 38.1 Å². The van der Waals surface area contributed by atoms with E-state index >= 15 is 0 Å². The Morgan fingerprint density at radius 2 is 1.75 bits per heavy atom. The van der Waals surface area contributed by atoms with Crippen molar-refractivity contribution >= 4 is 5.91 Å². The summed E-state index contributed by atoms with van der Waals surface area (Å²) >= 11 is 0. The molecule has 3 heteroatoms. The van der Waals surface area contributed by atoms with E-state index in [-0.39, 0.29) is 5.91 Å². The lowest BCUT2D eigenvalue weighted by atomic mass is 9.82. The van der Waals surface area contributed by atoms with Crippen molar-refractivity contribution < 1.29 is 4.79 Å². The maximum Gasteiger partial charge on any atom is 0.239 e. The summed E-state index contributed by atoms with van der Waals surface area (Å²) in [6, 6.07) is 9.67. The van der Waals surface area contributed by atoms with Gasteiger partial charge in [0, 0.05) is 13.1 Å². The Hall–Kier alpha value is -1.35. The molecule has 1 saturated carbocycles. The third-order valence-corrected chi connectivity index (χ3v) is 4.90. The molecule has 1 saturated heterocycles. The van der Waals surface area contributed by atoms with Gasteiger partial charge in [-0.05, 0) is 36.7 Å². The summed E-state index contributed by atoms with van der Waals surface area (Å²) in [5.74, 6) is 1.61. The Balaban J connectivity index is 1.58. The summed E-state index contributed by atoms with van der Waals surface area (Å²) in [7, 11) is 0. The zero-order valence-corrected chi connectivity index (χ0v) is 12.0. The van der Waals surface area contributed by atoms with Gasteiger partial charge in [-0.1, -0.05) is 43.2 Å². The summed E-state index contributed by atoms with van der Waals surface area (Å²) in [6.45, 7) is 1.87. The SMILES string of the molecule is NC(Cc1ccccc1)C(=O)N1CC2CCCCC2C1. The molecule has 3 rings (SSSR count). The van der Waals surface area contributed by atoms with Crippen LogP contribution in [0.15, 0.2) is 30.3 Å². The number of likely N-dealkylation sites (tertiary alicyclic amines) is 1. The van der Waals surface area contributed by atoms with Crippen molar-refractivity contribution in [3.8, 4) is 0 Å². The second-order valence-electron chi connectivity index (χ2n) is 6.34. The number of amides is 1. The molecular formula is C17H24N2O. The molecule has 20 heavy (non-hydrogen) atoms. The fraction of sp³-hybridized carbons (Fsp3) is 0.588. The van der Waals surface area contributed by atoms with E-state index in [9.17, 15) is 4.79 Å². The highest BCUT2D eigenvalue weighted by molar-refractivity contribution is 5.82. The molecule has 1 aliphatic carbocycles. The van der Waals surface area contributed by atoms with Crippen LogP contribution in [0.3, 0.4) is 0 Å². The Bertz CT molecular complexity index is 445. The van der Waals surface area contributed by atoms with Crippen LogP contribution in [0, 0.1) is 11.8 Å². The molecule has 1 aromatic carbocycles. The minimum Gasteiger partial charge on any atom is -0.341 e. The fourth-order valence-electron chi connectivity index (χ4n) is 3.78. The lowest BCUT2D eigenvalue weighted by Gasteiger charge is -2.22. The predicted octanol–water partition coefficient (Wildman–Crippen LogP) is 2.21. The molecule has 3 nitrogen and oxygen atoms in total. The van der Waals surface area contributed by atoms with Crippen molar-refractivity contribution in [1.29, 1.82) is 0 Å². The molecule has 1 heterocycles. The second kappa shape index (κ2) is 5.96. The fourth-order valence-corrected chi connectivity index (χ4v) is 3.78. The monoisotopic (exact) mass is 272 g/mol. The second-order valence-corrected chi connectivity index (χ2v) is 6.34. The van der Waals surface area contributed by atoms with Crippen molar-refractivity contribution in [3.05, 3.63) is 35.9 Å². The van der Waals surface area contributed by atoms with Crippen LogP contribution in [0.5, 0.6) is 0 Å². The first-order chi connectivity index (χ1) is 9.74. The predicted molar refractivity (Wildman–Crippen MR) is 80.1 cm³/mol. The number of carbonyl (C=O) groups excluding carboxylic acids is 1. The molecule has 108 valence electrons. The molecule has 1 aliphatic heterocycles. The normalized spacial score (nSPS) is 27.1. The molecule has 0 spiro atoms. The quantitative estimate of drug-likeness (QED) is 0.917. The highest BCUT2D eigenvalue weighted by Crippen LogP contribution is 2.36. The van der Waals surface area contributed by atoms with E-state index in [0.29, 0.717) is 6.42 Å². The van der Waals surface area contributed by atoms with Crippen molar-refractivity contribution in [2.75, 3.05) is 13.1 Å². The molecule has 1 amide bonds. The number of rotatable bonds is 3. The molecule has 2 aliphatic rings. The average Bonchev–Trinajstić information content (AvgIpc) is 2.91. The zero-order valence-electron chi connectivity index (χ0n) is 12.0. The minimum atomic E-state index is -0.391. The van der Waals surface area contributed by atoms with Crippen LogP contribution in [0.25, 0.3) is 0 Å². The van der Waals surface area contributed by atoms with E-state index in [2.05, 4.69) is 0 Å². The van der Waals surface area contributed by atoms with Crippen LogP contribution in [-0.4, -0.2) is 29.9 Å². The van der Waals surface area contributed by atoms with Gasteiger partial charge in [-0.3, -0.25) is 4.79 Å².